The van der Waals surface area contributed by atoms with Gasteiger partial charge in [0, 0.05) is 38.0 Å². The molecule has 1 aromatic rings. The number of ketones is 1. The van der Waals surface area contributed by atoms with E-state index in [9.17, 15) is 4.79 Å². The predicted molar refractivity (Wildman–Crippen MR) is 80.5 cm³/mol. The van der Waals surface area contributed by atoms with Crippen LogP contribution in [0.2, 0.25) is 0 Å². The number of carbonyl (C=O) groups excluding carboxylic acids is 1. The molecule has 0 bridgehead atoms. The van der Waals surface area contributed by atoms with E-state index >= 15 is 0 Å². The highest BCUT2D eigenvalue weighted by atomic mass is 16.5. The molecule has 0 aromatic heterocycles. The summed E-state index contributed by atoms with van der Waals surface area (Å²) in [5.41, 5.74) is 8.02. The minimum absolute atomic E-state index is 0.296. The Bertz CT molecular complexity index is 521. The number of ether oxygens (including phenoxy) is 2. The molecule has 0 atom stereocenters. The molecule has 1 fully saturated rings. The third-order valence-electron chi connectivity index (χ3n) is 4.83. The van der Waals surface area contributed by atoms with Crippen molar-refractivity contribution >= 4 is 5.78 Å². The Morgan fingerprint density at radius 2 is 2.05 bits per heavy atom. The average molecular weight is 289 g/mol. The Morgan fingerprint density at radius 3 is 2.81 bits per heavy atom. The van der Waals surface area contributed by atoms with E-state index in [2.05, 4.69) is 12.1 Å². The summed E-state index contributed by atoms with van der Waals surface area (Å²) in [4.78, 5) is 12.6. The summed E-state index contributed by atoms with van der Waals surface area (Å²) in [5, 5.41) is 0. The lowest BCUT2D eigenvalue weighted by atomic mass is 9.75. The number of carbonyl (C=O) groups is 1. The summed E-state index contributed by atoms with van der Waals surface area (Å²) in [5.74, 6) is 1.29. The van der Waals surface area contributed by atoms with Crippen LogP contribution in [0.4, 0.5) is 0 Å². The molecule has 4 nitrogen and oxygen atoms in total. The minimum Gasteiger partial charge on any atom is -0.493 e. The van der Waals surface area contributed by atoms with E-state index in [1.54, 1.807) is 0 Å². The van der Waals surface area contributed by atoms with Crippen molar-refractivity contribution in [2.24, 2.45) is 11.1 Å². The average Bonchev–Trinajstić information content (AvgIpc) is 3.00. The topological polar surface area (TPSA) is 61.6 Å². The van der Waals surface area contributed by atoms with Crippen molar-refractivity contribution < 1.29 is 14.3 Å². The van der Waals surface area contributed by atoms with Crippen LogP contribution < -0.4 is 10.5 Å². The smallest absolute Gasteiger partial charge is 0.140 e. The van der Waals surface area contributed by atoms with Crippen molar-refractivity contribution in [3.05, 3.63) is 29.3 Å². The van der Waals surface area contributed by atoms with Crippen molar-refractivity contribution in [1.29, 1.82) is 0 Å². The van der Waals surface area contributed by atoms with Crippen LogP contribution in [0, 0.1) is 5.41 Å². The largest absolute Gasteiger partial charge is 0.493 e. The normalized spacial score (nSPS) is 19.9. The molecule has 0 aliphatic carbocycles. The monoisotopic (exact) mass is 289 g/mol. The molecule has 0 radical (unpaired) electrons. The van der Waals surface area contributed by atoms with Gasteiger partial charge in [-0.1, -0.05) is 12.1 Å². The van der Waals surface area contributed by atoms with Crippen LogP contribution in [0.25, 0.3) is 0 Å². The van der Waals surface area contributed by atoms with Crippen molar-refractivity contribution in [3.8, 4) is 5.75 Å². The first-order valence-electron chi connectivity index (χ1n) is 7.79. The predicted octanol–water partition coefficient (Wildman–Crippen LogP) is 1.88. The molecule has 2 aliphatic rings. The number of benzene rings is 1. The fraction of sp³-hybridized carbons (Fsp3) is 0.588. The van der Waals surface area contributed by atoms with Crippen LogP contribution in [0.15, 0.2) is 18.2 Å². The summed E-state index contributed by atoms with van der Waals surface area (Å²) in [6.45, 7) is 2.51. The number of rotatable bonds is 5. The van der Waals surface area contributed by atoms with Gasteiger partial charge in [0.25, 0.3) is 0 Å². The molecule has 2 heterocycles. The maximum absolute atomic E-state index is 12.6. The third kappa shape index (κ3) is 2.97. The van der Waals surface area contributed by atoms with Gasteiger partial charge < -0.3 is 15.2 Å². The van der Waals surface area contributed by atoms with Gasteiger partial charge in [-0.25, -0.2) is 0 Å². The zero-order valence-electron chi connectivity index (χ0n) is 12.4. The van der Waals surface area contributed by atoms with E-state index in [1.165, 1.54) is 11.1 Å². The molecule has 0 unspecified atom stereocenters. The fourth-order valence-electron chi connectivity index (χ4n) is 3.28. The second kappa shape index (κ2) is 6.16. The molecule has 21 heavy (non-hydrogen) atoms. The van der Waals surface area contributed by atoms with Crippen molar-refractivity contribution in [3.63, 3.8) is 0 Å². The van der Waals surface area contributed by atoms with Crippen molar-refractivity contribution in [2.45, 2.75) is 32.1 Å². The van der Waals surface area contributed by atoms with Gasteiger partial charge >= 0.3 is 0 Å². The second-order valence-electron chi connectivity index (χ2n) is 6.06. The SMILES string of the molecule is NCC1(C(=O)CCc2ccc3c(c2)CCO3)CCOCC1. The van der Waals surface area contributed by atoms with E-state index in [0.29, 0.717) is 32.0 Å². The van der Waals surface area contributed by atoms with Crippen LogP contribution in [-0.2, 0) is 22.4 Å². The molecular weight excluding hydrogens is 266 g/mol. The Labute approximate surface area is 125 Å². The van der Waals surface area contributed by atoms with E-state index < -0.39 is 0 Å². The van der Waals surface area contributed by atoms with Crippen LogP contribution in [0.5, 0.6) is 5.75 Å². The van der Waals surface area contributed by atoms with E-state index in [4.69, 9.17) is 15.2 Å². The Hall–Kier alpha value is -1.39. The van der Waals surface area contributed by atoms with E-state index in [1.807, 2.05) is 6.07 Å². The lowest BCUT2D eigenvalue weighted by Crippen LogP contribution is -2.43. The molecular formula is C17H23NO3. The first-order valence-corrected chi connectivity index (χ1v) is 7.79. The minimum atomic E-state index is -0.349. The Morgan fingerprint density at radius 1 is 1.24 bits per heavy atom. The van der Waals surface area contributed by atoms with Gasteiger partial charge in [0.2, 0.25) is 0 Å². The van der Waals surface area contributed by atoms with Crippen molar-refractivity contribution in [2.75, 3.05) is 26.4 Å². The van der Waals surface area contributed by atoms with Gasteiger partial charge in [-0.2, -0.15) is 0 Å². The van der Waals surface area contributed by atoms with Gasteiger partial charge in [0.1, 0.15) is 11.5 Å². The number of nitrogens with two attached hydrogens (primary N) is 1. The molecule has 1 saturated heterocycles. The van der Waals surface area contributed by atoms with Crippen LogP contribution >= 0.6 is 0 Å². The molecule has 0 amide bonds. The molecule has 3 rings (SSSR count). The van der Waals surface area contributed by atoms with Crippen LogP contribution in [0.1, 0.15) is 30.4 Å². The number of Topliss-reactive ketones (excluding diaryl/α,β-unsaturated/α-hetero) is 1. The second-order valence-corrected chi connectivity index (χ2v) is 6.06. The summed E-state index contributed by atoms with van der Waals surface area (Å²) in [6.07, 6.45) is 3.85. The standard InChI is InChI=1S/C17H23NO3/c18-12-17(6-9-20-10-7-17)16(19)4-2-13-1-3-15-14(11-13)5-8-21-15/h1,3,11H,2,4-10,12,18H2. The molecule has 114 valence electrons. The zero-order chi connectivity index (χ0) is 14.7. The highest BCUT2D eigenvalue weighted by molar-refractivity contribution is 5.85. The number of hydrogen-bond acceptors (Lipinski definition) is 4. The zero-order valence-corrected chi connectivity index (χ0v) is 12.4. The quantitative estimate of drug-likeness (QED) is 0.899. The van der Waals surface area contributed by atoms with Crippen molar-refractivity contribution in [1.82, 2.24) is 0 Å². The summed E-state index contributed by atoms with van der Waals surface area (Å²) in [6, 6.07) is 6.26. The highest BCUT2D eigenvalue weighted by Gasteiger charge is 2.37. The maximum Gasteiger partial charge on any atom is 0.140 e. The van der Waals surface area contributed by atoms with Crippen LogP contribution in [-0.4, -0.2) is 32.1 Å². The first kappa shape index (κ1) is 14.5. The van der Waals surface area contributed by atoms with Gasteiger partial charge in [-0.15, -0.1) is 0 Å². The van der Waals surface area contributed by atoms with Gasteiger partial charge in [-0.05, 0) is 36.5 Å². The molecule has 1 aromatic carbocycles. The molecule has 0 saturated carbocycles. The van der Waals surface area contributed by atoms with E-state index in [-0.39, 0.29) is 5.41 Å². The van der Waals surface area contributed by atoms with Crippen LogP contribution in [0.3, 0.4) is 0 Å². The number of hydrogen-bond donors (Lipinski definition) is 1. The highest BCUT2D eigenvalue weighted by Crippen LogP contribution is 2.32. The molecule has 2 aliphatic heterocycles. The molecule has 4 heteroatoms. The maximum atomic E-state index is 12.6. The lowest BCUT2D eigenvalue weighted by Gasteiger charge is -2.34. The fourth-order valence-corrected chi connectivity index (χ4v) is 3.28. The summed E-state index contributed by atoms with van der Waals surface area (Å²) in [7, 11) is 0. The van der Waals surface area contributed by atoms with E-state index in [0.717, 1.165) is 38.0 Å². The summed E-state index contributed by atoms with van der Waals surface area (Å²) < 4.78 is 10.9. The van der Waals surface area contributed by atoms with Gasteiger partial charge in [0.05, 0.1) is 6.61 Å². The van der Waals surface area contributed by atoms with Gasteiger partial charge in [-0.3, -0.25) is 4.79 Å². The first-order chi connectivity index (χ1) is 10.2. The lowest BCUT2D eigenvalue weighted by molar-refractivity contribution is -0.133. The molecule has 0 spiro atoms. The Balaban J connectivity index is 1.62. The molecule has 2 N–H and O–H groups in total. The third-order valence-corrected chi connectivity index (χ3v) is 4.83. The summed E-state index contributed by atoms with van der Waals surface area (Å²) >= 11 is 0. The number of aryl methyl sites for hydroxylation is 1. The Kier molecular flexibility index (Phi) is 4.27. The number of fused-ring (bicyclic) bond motifs is 1. The van der Waals surface area contributed by atoms with Gasteiger partial charge in [0.15, 0.2) is 0 Å².